The third kappa shape index (κ3) is 3.77. The molecule has 0 spiro atoms. The van der Waals surface area contributed by atoms with Crippen LogP contribution in [0, 0.1) is 0 Å². The zero-order valence-electron chi connectivity index (χ0n) is 13.5. The maximum Gasteiger partial charge on any atom is 2.00 e. The third-order valence-corrected chi connectivity index (χ3v) is 2.76. The van der Waals surface area contributed by atoms with Crippen LogP contribution in [0.25, 0.3) is 0 Å². The maximum absolute atomic E-state index is 13.2. The molecule has 0 bridgehead atoms. The molecule has 0 aromatic rings. The van der Waals surface area contributed by atoms with Crippen LogP contribution >= 0.6 is 0 Å². The van der Waals surface area contributed by atoms with Crippen LogP contribution in [0.1, 0.15) is 2.85 Å². The van der Waals surface area contributed by atoms with Crippen molar-refractivity contribution < 1.29 is 81.9 Å². The Morgan fingerprint density at radius 3 is 0.741 bits per heavy atom. The monoisotopic (exact) mass is 480 g/mol. The van der Waals surface area contributed by atoms with E-state index in [2.05, 4.69) is 0 Å². The van der Waals surface area contributed by atoms with Gasteiger partial charge in [0.2, 0.25) is 0 Å². The molecule has 0 rings (SSSR count). The standard InChI is InChI=1S/C8F18.Ca.2H/c9-1(6(18,19)20,3(12,13)7(21,22)23)2(10,11)4(14,15)5(16,17)8(24,25)26;;;/q;+2;2*-1. The van der Waals surface area contributed by atoms with E-state index in [1.165, 1.54) is 0 Å². The van der Waals surface area contributed by atoms with Gasteiger partial charge in [-0.1, -0.05) is 0 Å². The molecule has 0 aromatic heterocycles. The average Bonchev–Trinajstić information content (AvgIpc) is 2.32. The van der Waals surface area contributed by atoms with Crippen LogP contribution in [0.15, 0.2) is 0 Å². The Bertz CT molecular complexity index is 531. The van der Waals surface area contributed by atoms with E-state index < -0.39 is 47.9 Å². The fourth-order valence-corrected chi connectivity index (χ4v) is 1.34. The minimum absolute atomic E-state index is 0. The summed E-state index contributed by atoms with van der Waals surface area (Å²) >= 11 is 0. The fourth-order valence-electron chi connectivity index (χ4n) is 1.34. The molecule has 0 aliphatic carbocycles. The number of rotatable bonds is 4. The van der Waals surface area contributed by atoms with Gasteiger partial charge in [-0.25, -0.2) is 4.39 Å². The van der Waals surface area contributed by atoms with E-state index in [0.717, 1.165) is 0 Å². The van der Waals surface area contributed by atoms with E-state index in [1.807, 2.05) is 0 Å². The van der Waals surface area contributed by atoms with Crippen LogP contribution in [-0.4, -0.2) is 85.6 Å². The van der Waals surface area contributed by atoms with Gasteiger partial charge in [-0.15, -0.1) is 0 Å². The van der Waals surface area contributed by atoms with Gasteiger partial charge in [0.1, 0.15) is 0 Å². The molecular weight excluding hydrogens is 478 g/mol. The third-order valence-electron chi connectivity index (χ3n) is 2.76. The van der Waals surface area contributed by atoms with Crippen LogP contribution < -0.4 is 0 Å². The van der Waals surface area contributed by atoms with E-state index in [-0.39, 0.29) is 40.6 Å². The van der Waals surface area contributed by atoms with Crippen LogP contribution in [0.4, 0.5) is 79.0 Å². The molecule has 1 unspecified atom stereocenters. The summed E-state index contributed by atoms with van der Waals surface area (Å²) in [5.41, 5.74) is -8.90. The molecule has 0 nitrogen and oxygen atoms in total. The maximum atomic E-state index is 13.2. The average molecular weight is 480 g/mol. The summed E-state index contributed by atoms with van der Waals surface area (Å²) in [6.07, 6.45) is -24.3. The smallest absolute Gasteiger partial charge is 1.00 e. The second-order valence-corrected chi connectivity index (χ2v) is 4.45. The Kier molecular flexibility index (Phi) is 7.63. The predicted octanol–water partition coefficient (Wildman–Crippen LogP) is 5.77. The summed E-state index contributed by atoms with van der Waals surface area (Å²) in [6.45, 7) is 0. The van der Waals surface area contributed by atoms with Crippen molar-refractivity contribution in [2.24, 2.45) is 0 Å². The zero-order chi connectivity index (χ0) is 22.0. The van der Waals surface area contributed by atoms with Gasteiger partial charge < -0.3 is 2.85 Å². The molecule has 0 N–H and O–H groups in total. The first-order valence-corrected chi connectivity index (χ1v) is 5.15. The van der Waals surface area contributed by atoms with E-state index in [9.17, 15) is 79.0 Å². The summed E-state index contributed by atoms with van der Waals surface area (Å²) in [4.78, 5) is 0. The molecule has 19 heteroatoms. The topological polar surface area (TPSA) is 0 Å². The summed E-state index contributed by atoms with van der Waals surface area (Å²) in [5.74, 6) is -34.6. The Balaban J connectivity index is -0.00000104. The molecular formula is C8H2CaF18. The largest absolute Gasteiger partial charge is 2.00 e. The molecule has 162 valence electrons. The van der Waals surface area contributed by atoms with Gasteiger partial charge in [0.05, 0.1) is 0 Å². The van der Waals surface area contributed by atoms with Crippen molar-refractivity contribution in [3.8, 4) is 0 Å². The first kappa shape index (κ1) is 29.2. The molecule has 0 aromatic carbocycles. The molecule has 0 fully saturated rings. The van der Waals surface area contributed by atoms with Crippen molar-refractivity contribution in [3.63, 3.8) is 0 Å². The summed E-state index contributed by atoms with van der Waals surface area (Å²) < 4.78 is 222. The van der Waals surface area contributed by atoms with Crippen molar-refractivity contribution in [3.05, 3.63) is 0 Å². The Labute approximate surface area is 167 Å². The van der Waals surface area contributed by atoms with Crippen LogP contribution in [0.5, 0.6) is 0 Å². The molecule has 27 heavy (non-hydrogen) atoms. The van der Waals surface area contributed by atoms with Crippen molar-refractivity contribution in [1.82, 2.24) is 0 Å². The summed E-state index contributed by atoms with van der Waals surface area (Å²) in [5, 5.41) is 0. The number of halogens is 18. The van der Waals surface area contributed by atoms with Crippen LogP contribution in [0.3, 0.4) is 0 Å². The van der Waals surface area contributed by atoms with Gasteiger partial charge in [-0.2, -0.15) is 74.6 Å². The molecule has 0 aliphatic heterocycles. The fraction of sp³-hybridized carbons (Fsp3) is 1.00. The SMILES string of the molecule is FC(F)(F)C(F)(F)C(F)(F)C(F)(F)C(F)(C(F)(F)F)C(F)(F)C(F)(F)F.[Ca+2].[H-].[H-]. The normalized spacial score (nSPS) is 18.0. The molecule has 0 heterocycles. The van der Waals surface area contributed by atoms with Gasteiger partial charge in [-0.05, 0) is 0 Å². The van der Waals surface area contributed by atoms with Crippen LogP contribution in [-0.2, 0) is 0 Å². The minimum atomic E-state index is -8.95. The van der Waals surface area contributed by atoms with Crippen molar-refractivity contribution in [2.45, 2.75) is 47.9 Å². The quantitative estimate of drug-likeness (QED) is 0.355. The Hall–Kier alpha value is -0.000260. The van der Waals surface area contributed by atoms with Crippen molar-refractivity contribution >= 4 is 37.7 Å². The Morgan fingerprint density at radius 2 is 0.556 bits per heavy atom. The number of alkyl halides is 18. The van der Waals surface area contributed by atoms with Gasteiger partial charge in [0, 0.05) is 0 Å². The van der Waals surface area contributed by atoms with Gasteiger partial charge in [-0.3, -0.25) is 0 Å². The first-order chi connectivity index (χ1) is 10.8. The van der Waals surface area contributed by atoms with E-state index in [0.29, 0.717) is 0 Å². The van der Waals surface area contributed by atoms with Gasteiger partial charge in [0.25, 0.3) is 0 Å². The van der Waals surface area contributed by atoms with E-state index in [1.54, 1.807) is 0 Å². The minimum Gasteiger partial charge on any atom is -1.00 e. The van der Waals surface area contributed by atoms with Crippen molar-refractivity contribution in [2.75, 3.05) is 0 Å². The summed E-state index contributed by atoms with van der Waals surface area (Å²) in [6, 6.07) is 0. The predicted molar refractivity (Wildman–Crippen MR) is 49.8 cm³/mol. The molecule has 0 amide bonds. The molecule has 0 saturated heterocycles. The zero-order valence-corrected chi connectivity index (χ0v) is 13.7. The number of hydrogen-bond acceptors (Lipinski definition) is 0. The van der Waals surface area contributed by atoms with Gasteiger partial charge in [0.15, 0.2) is 0 Å². The van der Waals surface area contributed by atoms with E-state index in [4.69, 9.17) is 0 Å². The summed E-state index contributed by atoms with van der Waals surface area (Å²) in [7, 11) is 0. The van der Waals surface area contributed by atoms with Crippen molar-refractivity contribution in [1.29, 1.82) is 0 Å². The molecule has 1 atom stereocenters. The molecule has 0 saturated carbocycles. The number of hydrogen-bond donors (Lipinski definition) is 0. The second kappa shape index (κ2) is 7.05. The molecule has 0 radical (unpaired) electrons. The molecule has 0 aliphatic rings. The second-order valence-electron chi connectivity index (χ2n) is 4.45. The van der Waals surface area contributed by atoms with Gasteiger partial charge >= 0.3 is 85.6 Å². The Morgan fingerprint density at radius 1 is 0.296 bits per heavy atom. The first-order valence-electron chi connectivity index (χ1n) is 5.15. The van der Waals surface area contributed by atoms with Crippen LogP contribution in [0.2, 0.25) is 0 Å². The van der Waals surface area contributed by atoms with E-state index >= 15 is 0 Å².